The van der Waals surface area contributed by atoms with Crippen LogP contribution >= 0.6 is 0 Å². The Kier molecular flexibility index (Phi) is 3.52. The van der Waals surface area contributed by atoms with Crippen molar-refractivity contribution >= 4 is 11.8 Å². The number of nitrogens with zero attached hydrogens (tertiary/aromatic N) is 3. The maximum Gasteiger partial charge on any atom is 0.222 e. The van der Waals surface area contributed by atoms with Gasteiger partial charge in [-0.25, -0.2) is 4.98 Å². The van der Waals surface area contributed by atoms with E-state index in [0.717, 1.165) is 37.6 Å². The summed E-state index contributed by atoms with van der Waals surface area (Å²) in [5, 5.41) is 3.12. The van der Waals surface area contributed by atoms with Gasteiger partial charge in [-0.2, -0.15) is 4.98 Å². The van der Waals surface area contributed by atoms with E-state index >= 15 is 0 Å². The monoisotopic (exact) mass is 269 g/mol. The molecule has 104 valence electrons. The molecule has 1 aliphatic heterocycles. The summed E-state index contributed by atoms with van der Waals surface area (Å²) in [6, 6.07) is 10.5. The van der Waals surface area contributed by atoms with E-state index in [1.165, 1.54) is 11.1 Å². The lowest BCUT2D eigenvalue weighted by Gasteiger charge is -2.29. The minimum absolute atomic E-state index is 0.351. The van der Waals surface area contributed by atoms with E-state index < -0.39 is 0 Å². The van der Waals surface area contributed by atoms with Crippen LogP contribution in [0.15, 0.2) is 30.3 Å². The first-order chi connectivity index (χ1) is 9.76. The van der Waals surface area contributed by atoms with Gasteiger partial charge in [0.2, 0.25) is 5.95 Å². The summed E-state index contributed by atoms with van der Waals surface area (Å²) in [5.41, 5.74) is 9.32. The number of nitrogens with two attached hydrogens (primary N) is 1. The first kappa shape index (κ1) is 12.9. The van der Waals surface area contributed by atoms with Crippen molar-refractivity contribution in [2.75, 3.05) is 24.6 Å². The third-order valence-electron chi connectivity index (χ3n) is 3.64. The molecule has 0 radical (unpaired) electrons. The fraction of sp³-hybridized carbons (Fsp3) is 0.333. The molecule has 2 heterocycles. The Morgan fingerprint density at radius 2 is 2.05 bits per heavy atom. The Morgan fingerprint density at radius 1 is 1.25 bits per heavy atom. The summed E-state index contributed by atoms with van der Waals surface area (Å²) >= 11 is 0. The molecule has 0 saturated carbocycles. The quantitative estimate of drug-likeness (QED) is 0.887. The standard InChI is InChI=1S/C15H19N5/c1-17-14-12-10-20(9-11-5-3-2-4-6-11)8-7-13(12)18-15(16)19-14/h2-6H,7-10H2,1H3,(H3,16,17,18,19). The molecule has 3 rings (SSSR count). The number of nitrogen functional groups attached to an aromatic ring is 1. The van der Waals surface area contributed by atoms with Crippen LogP contribution in [-0.2, 0) is 19.5 Å². The molecular formula is C15H19N5. The van der Waals surface area contributed by atoms with Gasteiger partial charge in [0.1, 0.15) is 5.82 Å². The second-order valence-electron chi connectivity index (χ2n) is 5.05. The van der Waals surface area contributed by atoms with Crippen molar-refractivity contribution in [3.63, 3.8) is 0 Å². The van der Waals surface area contributed by atoms with Crippen LogP contribution in [-0.4, -0.2) is 28.5 Å². The predicted molar refractivity (Wildman–Crippen MR) is 80.3 cm³/mol. The van der Waals surface area contributed by atoms with Gasteiger partial charge in [0.05, 0.1) is 5.69 Å². The van der Waals surface area contributed by atoms with Gasteiger partial charge in [-0.15, -0.1) is 0 Å². The molecule has 0 unspecified atom stereocenters. The van der Waals surface area contributed by atoms with Crippen LogP contribution < -0.4 is 11.1 Å². The van der Waals surface area contributed by atoms with E-state index in [1.807, 2.05) is 13.1 Å². The average molecular weight is 269 g/mol. The molecule has 1 aliphatic rings. The number of hydrogen-bond acceptors (Lipinski definition) is 5. The minimum atomic E-state index is 0.351. The molecular weight excluding hydrogens is 250 g/mol. The highest BCUT2D eigenvalue weighted by Gasteiger charge is 2.21. The number of nitrogens with one attached hydrogen (secondary N) is 1. The third kappa shape index (κ3) is 2.58. The topological polar surface area (TPSA) is 67.1 Å². The number of benzene rings is 1. The third-order valence-corrected chi connectivity index (χ3v) is 3.64. The van der Waals surface area contributed by atoms with Crippen molar-refractivity contribution in [1.82, 2.24) is 14.9 Å². The van der Waals surface area contributed by atoms with Crippen molar-refractivity contribution in [2.24, 2.45) is 0 Å². The van der Waals surface area contributed by atoms with Gasteiger partial charge in [-0.3, -0.25) is 4.90 Å². The van der Waals surface area contributed by atoms with Crippen LogP contribution in [0.4, 0.5) is 11.8 Å². The molecule has 0 atom stereocenters. The zero-order valence-electron chi connectivity index (χ0n) is 11.6. The summed E-state index contributed by atoms with van der Waals surface area (Å²) in [7, 11) is 1.87. The van der Waals surface area contributed by atoms with Crippen LogP contribution in [0.25, 0.3) is 0 Å². The minimum Gasteiger partial charge on any atom is -0.373 e. The van der Waals surface area contributed by atoms with Gasteiger partial charge in [0.25, 0.3) is 0 Å². The Balaban J connectivity index is 1.81. The van der Waals surface area contributed by atoms with Gasteiger partial charge in [-0.05, 0) is 5.56 Å². The fourth-order valence-corrected chi connectivity index (χ4v) is 2.67. The second-order valence-corrected chi connectivity index (χ2v) is 5.05. The fourth-order valence-electron chi connectivity index (χ4n) is 2.67. The zero-order chi connectivity index (χ0) is 13.9. The molecule has 0 aliphatic carbocycles. The molecule has 0 spiro atoms. The van der Waals surface area contributed by atoms with Gasteiger partial charge >= 0.3 is 0 Å². The van der Waals surface area contributed by atoms with Crippen molar-refractivity contribution in [2.45, 2.75) is 19.5 Å². The van der Waals surface area contributed by atoms with E-state index in [9.17, 15) is 0 Å². The lowest BCUT2D eigenvalue weighted by molar-refractivity contribution is 0.243. The molecule has 3 N–H and O–H groups in total. The SMILES string of the molecule is CNc1nc(N)nc2c1CN(Cc1ccccc1)CC2. The van der Waals surface area contributed by atoms with Gasteiger partial charge in [-0.1, -0.05) is 30.3 Å². The van der Waals surface area contributed by atoms with Crippen LogP contribution in [0.5, 0.6) is 0 Å². The summed E-state index contributed by atoms with van der Waals surface area (Å²) < 4.78 is 0. The number of anilines is 2. The van der Waals surface area contributed by atoms with E-state index in [1.54, 1.807) is 0 Å². The van der Waals surface area contributed by atoms with Crippen LogP contribution in [0.2, 0.25) is 0 Å². The Morgan fingerprint density at radius 3 is 2.80 bits per heavy atom. The van der Waals surface area contributed by atoms with E-state index in [2.05, 4.69) is 44.5 Å². The first-order valence-electron chi connectivity index (χ1n) is 6.85. The van der Waals surface area contributed by atoms with Crippen LogP contribution in [0, 0.1) is 0 Å². The van der Waals surface area contributed by atoms with Gasteiger partial charge in [0.15, 0.2) is 0 Å². The van der Waals surface area contributed by atoms with Crippen molar-refractivity contribution in [1.29, 1.82) is 0 Å². The lowest BCUT2D eigenvalue weighted by Crippen LogP contribution is -2.31. The van der Waals surface area contributed by atoms with E-state index in [0.29, 0.717) is 5.95 Å². The van der Waals surface area contributed by atoms with Gasteiger partial charge < -0.3 is 11.1 Å². The summed E-state index contributed by atoms with van der Waals surface area (Å²) in [6.07, 6.45) is 0.920. The van der Waals surface area contributed by atoms with Gasteiger partial charge in [0, 0.05) is 38.7 Å². The first-order valence-corrected chi connectivity index (χ1v) is 6.85. The number of hydrogen-bond donors (Lipinski definition) is 2. The average Bonchev–Trinajstić information content (AvgIpc) is 2.48. The highest BCUT2D eigenvalue weighted by Crippen LogP contribution is 2.25. The second kappa shape index (κ2) is 5.46. The van der Waals surface area contributed by atoms with Crippen molar-refractivity contribution < 1.29 is 0 Å². The summed E-state index contributed by atoms with van der Waals surface area (Å²) in [6.45, 7) is 2.82. The molecule has 0 saturated heterocycles. The maximum atomic E-state index is 5.74. The highest BCUT2D eigenvalue weighted by atomic mass is 15.2. The molecule has 0 amide bonds. The Bertz CT molecular complexity index is 579. The lowest BCUT2D eigenvalue weighted by atomic mass is 10.1. The Hall–Kier alpha value is -2.14. The van der Waals surface area contributed by atoms with Crippen LogP contribution in [0.1, 0.15) is 16.8 Å². The summed E-state index contributed by atoms with van der Waals surface area (Å²) in [5.74, 6) is 1.20. The molecule has 0 fully saturated rings. The molecule has 1 aromatic carbocycles. The molecule has 5 nitrogen and oxygen atoms in total. The summed E-state index contributed by atoms with van der Waals surface area (Å²) in [4.78, 5) is 11.1. The smallest absolute Gasteiger partial charge is 0.222 e. The number of aromatic nitrogens is 2. The predicted octanol–water partition coefficient (Wildman–Crippen LogP) is 1.66. The molecule has 0 bridgehead atoms. The van der Waals surface area contributed by atoms with Crippen molar-refractivity contribution in [3.05, 3.63) is 47.2 Å². The zero-order valence-corrected chi connectivity index (χ0v) is 11.6. The maximum absolute atomic E-state index is 5.74. The molecule has 1 aromatic heterocycles. The molecule has 20 heavy (non-hydrogen) atoms. The number of fused-ring (bicyclic) bond motifs is 1. The number of rotatable bonds is 3. The molecule has 5 heteroatoms. The largest absolute Gasteiger partial charge is 0.373 e. The Labute approximate surface area is 118 Å². The normalized spacial score (nSPS) is 14.8. The van der Waals surface area contributed by atoms with Crippen LogP contribution in [0.3, 0.4) is 0 Å². The highest BCUT2D eigenvalue weighted by molar-refractivity contribution is 5.50. The molecule has 2 aromatic rings. The van der Waals surface area contributed by atoms with Crippen molar-refractivity contribution in [3.8, 4) is 0 Å². The van der Waals surface area contributed by atoms with E-state index in [-0.39, 0.29) is 0 Å². The van der Waals surface area contributed by atoms with E-state index in [4.69, 9.17) is 5.73 Å².